The van der Waals surface area contributed by atoms with Crippen LogP contribution >= 0.6 is 22.9 Å². The molecule has 11 nitrogen and oxygen atoms in total. The lowest BCUT2D eigenvalue weighted by Crippen LogP contribution is -2.38. The number of ether oxygens (including phenoxy) is 2. The molecule has 2 aromatic carbocycles. The van der Waals surface area contributed by atoms with Gasteiger partial charge in [0.1, 0.15) is 28.8 Å². The van der Waals surface area contributed by atoms with Crippen LogP contribution in [0.15, 0.2) is 16.7 Å². The van der Waals surface area contributed by atoms with Crippen molar-refractivity contribution in [1.29, 1.82) is 5.26 Å². The van der Waals surface area contributed by atoms with Crippen molar-refractivity contribution in [3.05, 3.63) is 51.4 Å². The molecule has 1 saturated heterocycles. The zero-order valence-electron chi connectivity index (χ0n) is 24.2. The number of likely N-dealkylation sites (N-methyl/N-ethyl adjacent to an activating group) is 1. The number of nitrogens with two attached hydrogens (primary N) is 1. The Morgan fingerprint density at radius 2 is 2.09 bits per heavy atom. The second-order valence-electron chi connectivity index (χ2n) is 11.1. The minimum absolute atomic E-state index is 0.158. The topological polar surface area (TPSA) is 148 Å². The van der Waals surface area contributed by atoms with Crippen molar-refractivity contribution < 1.29 is 18.4 Å². The second kappa shape index (κ2) is 11.1. The Balaban J connectivity index is 1.44. The van der Waals surface area contributed by atoms with Gasteiger partial charge in [0.25, 0.3) is 0 Å². The Bertz CT molecular complexity index is 1990. The van der Waals surface area contributed by atoms with Crippen LogP contribution in [0.4, 0.5) is 15.2 Å². The Kier molecular flexibility index (Phi) is 7.25. The molecule has 0 amide bonds. The zero-order valence-corrected chi connectivity index (χ0v) is 25.8. The number of rotatable bonds is 7. The van der Waals surface area contributed by atoms with Crippen LogP contribution in [-0.2, 0) is 24.5 Å². The van der Waals surface area contributed by atoms with E-state index in [0.29, 0.717) is 54.7 Å². The van der Waals surface area contributed by atoms with Crippen molar-refractivity contribution in [2.24, 2.45) is 0 Å². The molecular formula is C30H28ClFN8O3S. The monoisotopic (exact) mass is 634 g/mol. The van der Waals surface area contributed by atoms with E-state index < -0.39 is 5.82 Å². The van der Waals surface area contributed by atoms with Crippen molar-refractivity contribution >= 4 is 54.7 Å². The Labute approximate surface area is 260 Å². The summed E-state index contributed by atoms with van der Waals surface area (Å²) in [6.07, 6.45) is 1.91. The van der Waals surface area contributed by atoms with Crippen LogP contribution in [0.1, 0.15) is 48.2 Å². The van der Waals surface area contributed by atoms with Crippen molar-refractivity contribution in [2.45, 2.75) is 58.6 Å². The number of hydrogen-bond donors (Lipinski definition) is 2. The first-order chi connectivity index (χ1) is 21.2. The molecule has 2 aliphatic rings. The lowest BCUT2D eigenvalue weighted by atomic mass is 9.91. The van der Waals surface area contributed by atoms with E-state index in [1.54, 1.807) is 13.0 Å². The first kappa shape index (κ1) is 28.7. The largest absolute Gasteiger partial charge is 0.459 e. The molecule has 0 aliphatic carbocycles. The summed E-state index contributed by atoms with van der Waals surface area (Å²) >= 11 is 8.31. The fourth-order valence-electron chi connectivity index (χ4n) is 6.33. The van der Waals surface area contributed by atoms with Gasteiger partial charge in [0.05, 0.1) is 45.9 Å². The van der Waals surface area contributed by atoms with Crippen molar-refractivity contribution in [3.8, 4) is 23.2 Å². The molecule has 2 aliphatic heterocycles. The van der Waals surface area contributed by atoms with Crippen LogP contribution < -0.4 is 15.8 Å². The van der Waals surface area contributed by atoms with Gasteiger partial charge in [-0.1, -0.05) is 22.8 Å². The van der Waals surface area contributed by atoms with E-state index in [0.717, 1.165) is 41.9 Å². The minimum Gasteiger partial charge on any atom is -0.459 e. The molecule has 5 aromatic rings. The predicted octanol–water partition coefficient (Wildman–Crippen LogP) is 5.95. The fourth-order valence-corrected chi connectivity index (χ4v) is 7.63. The van der Waals surface area contributed by atoms with Crippen molar-refractivity contribution in [2.75, 3.05) is 24.6 Å². The Hall–Kier alpha value is -4.09. The molecule has 5 heterocycles. The summed E-state index contributed by atoms with van der Waals surface area (Å²) in [6.45, 7) is 5.50. The number of fused-ring (bicyclic) bond motifs is 4. The van der Waals surface area contributed by atoms with Crippen molar-refractivity contribution in [1.82, 2.24) is 25.0 Å². The lowest BCUT2D eigenvalue weighted by molar-refractivity contribution is 0.112. The fraction of sp³-hybridized carbons (Fsp3) is 0.367. The molecule has 0 unspecified atom stereocenters. The highest BCUT2D eigenvalue weighted by molar-refractivity contribution is 7.23. The quantitative estimate of drug-likeness (QED) is 0.219. The van der Waals surface area contributed by atoms with Crippen LogP contribution in [0.3, 0.4) is 0 Å². The number of aromatic nitrogens is 4. The molecule has 0 bridgehead atoms. The molecule has 2 atom stereocenters. The van der Waals surface area contributed by atoms with Crippen LogP contribution in [0.2, 0.25) is 5.02 Å². The molecular weight excluding hydrogens is 607 g/mol. The van der Waals surface area contributed by atoms with Crippen LogP contribution in [-0.4, -0.2) is 50.7 Å². The van der Waals surface area contributed by atoms with E-state index in [2.05, 4.69) is 33.5 Å². The number of halogens is 2. The van der Waals surface area contributed by atoms with E-state index in [-0.39, 0.29) is 48.5 Å². The van der Waals surface area contributed by atoms with Gasteiger partial charge < -0.3 is 25.0 Å². The van der Waals surface area contributed by atoms with Gasteiger partial charge in [-0.05, 0) is 56.1 Å². The third-order valence-corrected chi connectivity index (χ3v) is 9.76. The van der Waals surface area contributed by atoms with E-state index in [1.807, 2.05) is 6.92 Å². The highest BCUT2D eigenvalue weighted by Gasteiger charge is 2.32. The van der Waals surface area contributed by atoms with Gasteiger partial charge in [0.2, 0.25) is 5.89 Å². The minimum atomic E-state index is -0.459. The summed E-state index contributed by atoms with van der Waals surface area (Å²) in [5.41, 5.74) is 9.64. The molecule has 0 saturated carbocycles. The molecule has 44 heavy (non-hydrogen) atoms. The summed E-state index contributed by atoms with van der Waals surface area (Å²) in [5, 5.41) is 18.9. The van der Waals surface area contributed by atoms with E-state index in [4.69, 9.17) is 41.3 Å². The molecule has 3 N–H and O–H groups in total. The SMILES string of the molecule is Cc1nc(CNc2nc(O[C@@H](C)[C@@H]3CCCN3C)nc3c(Cl)c(-c4ccc(F)c5sc(N)c(C#N)c45)c4c(c23)COC4)no1. The smallest absolute Gasteiger partial charge is 0.319 e. The maximum atomic E-state index is 15.0. The van der Waals surface area contributed by atoms with E-state index in [9.17, 15) is 9.65 Å². The number of nitrogen functional groups attached to an aromatic ring is 1. The summed E-state index contributed by atoms with van der Waals surface area (Å²) < 4.78 is 32.7. The molecule has 0 radical (unpaired) electrons. The van der Waals surface area contributed by atoms with E-state index in [1.165, 1.54) is 6.07 Å². The average molecular weight is 635 g/mol. The highest BCUT2D eigenvalue weighted by Crippen LogP contribution is 2.49. The molecule has 7 rings (SSSR count). The lowest BCUT2D eigenvalue weighted by Gasteiger charge is -2.26. The van der Waals surface area contributed by atoms with Gasteiger partial charge in [-0.25, -0.2) is 4.39 Å². The number of aryl methyl sites for hydroxylation is 1. The van der Waals surface area contributed by atoms with Gasteiger partial charge in [0, 0.05) is 23.9 Å². The zero-order chi connectivity index (χ0) is 30.7. The molecule has 14 heteroatoms. The van der Waals surface area contributed by atoms with Crippen LogP contribution in [0.25, 0.3) is 32.1 Å². The number of benzene rings is 2. The normalized spacial score (nSPS) is 17.3. The van der Waals surface area contributed by atoms with Crippen LogP contribution in [0.5, 0.6) is 6.01 Å². The van der Waals surface area contributed by atoms with E-state index >= 15 is 0 Å². The number of hydrogen-bond acceptors (Lipinski definition) is 12. The Morgan fingerprint density at radius 1 is 1.27 bits per heavy atom. The molecule has 0 spiro atoms. The summed E-state index contributed by atoms with van der Waals surface area (Å²) in [7, 11) is 2.08. The Morgan fingerprint density at radius 3 is 2.82 bits per heavy atom. The summed E-state index contributed by atoms with van der Waals surface area (Å²) in [6, 6.07) is 5.52. The molecule has 226 valence electrons. The summed E-state index contributed by atoms with van der Waals surface area (Å²) in [4.78, 5) is 16.2. The predicted molar refractivity (Wildman–Crippen MR) is 165 cm³/mol. The first-order valence-electron chi connectivity index (χ1n) is 14.2. The van der Waals surface area contributed by atoms with Gasteiger partial charge in [-0.15, -0.1) is 11.3 Å². The van der Waals surface area contributed by atoms with Crippen LogP contribution in [0, 0.1) is 24.1 Å². The molecule has 1 fully saturated rings. The third-order valence-electron chi connectivity index (χ3n) is 8.37. The number of likely N-dealkylation sites (tertiary alicyclic amines) is 1. The van der Waals surface area contributed by atoms with Crippen molar-refractivity contribution in [3.63, 3.8) is 0 Å². The first-order valence-corrected chi connectivity index (χ1v) is 15.4. The molecule has 3 aromatic heterocycles. The summed E-state index contributed by atoms with van der Waals surface area (Å²) in [5.74, 6) is 0.933. The van der Waals surface area contributed by atoms with Gasteiger partial charge in [-0.2, -0.15) is 20.2 Å². The number of nitrogens with zero attached hydrogens (tertiary/aromatic N) is 6. The van der Waals surface area contributed by atoms with Gasteiger partial charge in [0.15, 0.2) is 5.82 Å². The maximum absolute atomic E-state index is 15.0. The third kappa shape index (κ3) is 4.69. The number of thiophene rings is 1. The standard InChI is InChI=1S/C30H28ClFN8O3S/c1-13(20-5-4-8-40(20)3)42-30-37-26-24(29(38-30)35-10-21-36-14(2)43-39-21)18-12-41-11-17(18)22(25(26)31)15-6-7-19(32)27-23(15)16(9-33)28(34)44-27/h6-7,13,20H,4-5,8,10-12,34H2,1-3H3,(H,35,37,38)/t13-,20-/m0/s1. The van der Waals surface area contributed by atoms with Gasteiger partial charge in [-0.3, -0.25) is 4.90 Å². The number of nitriles is 1. The average Bonchev–Trinajstić information content (AvgIpc) is 3.80. The highest BCUT2D eigenvalue weighted by atomic mass is 35.5. The second-order valence-corrected chi connectivity index (χ2v) is 12.5. The number of nitrogens with one attached hydrogen (secondary N) is 1. The number of anilines is 2. The maximum Gasteiger partial charge on any atom is 0.319 e. The van der Waals surface area contributed by atoms with Gasteiger partial charge >= 0.3 is 6.01 Å².